The van der Waals surface area contributed by atoms with Gasteiger partial charge in [0.25, 0.3) is 0 Å². The molecule has 2 aliphatic rings. The minimum Gasteiger partial charge on any atom is -0.0689 e. The van der Waals surface area contributed by atoms with E-state index in [9.17, 15) is 0 Å². The monoisotopic (exact) mass is 308 g/mol. The predicted octanol–water partition coefficient (Wildman–Crippen LogP) is 6.55. The highest BCUT2D eigenvalue weighted by atomic mass is 28.3. The molecule has 2 saturated carbocycles. The van der Waals surface area contributed by atoms with Gasteiger partial charge in [0.1, 0.15) is 0 Å². The molecule has 0 amide bonds. The van der Waals surface area contributed by atoms with Crippen molar-refractivity contribution in [3.8, 4) is 0 Å². The molecule has 0 aliphatic heterocycles. The van der Waals surface area contributed by atoms with E-state index in [4.69, 9.17) is 0 Å². The molecule has 2 fully saturated rings. The largest absolute Gasteiger partial charge is 0.0689 e. The Morgan fingerprint density at radius 2 is 0.571 bits per heavy atom. The topological polar surface area (TPSA) is 0 Å². The lowest BCUT2D eigenvalue weighted by molar-refractivity contribution is 0.352. The number of rotatable bonds is 2. The molecule has 0 saturated heterocycles. The van der Waals surface area contributed by atoms with Gasteiger partial charge in [0.15, 0.2) is 0 Å². The molecule has 0 heterocycles. The van der Waals surface area contributed by atoms with Crippen molar-refractivity contribution in [3.63, 3.8) is 0 Å². The van der Waals surface area contributed by atoms with Gasteiger partial charge in [-0.15, -0.1) is 0 Å². The lowest BCUT2D eigenvalue weighted by Gasteiger charge is -2.45. The van der Waals surface area contributed by atoms with Gasteiger partial charge < -0.3 is 0 Å². The molecule has 0 aromatic rings. The number of hydrogen-bond acceptors (Lipinski definition) is 0. The van der Waals surface area contributed by atoms with Crippen molar-refractivity contribution in [3.05, 3.63) is 0 Å². The van der Waals surface area contributed by atoms with Crippen LogP contribution in [-0.4, -0.2) is 8.07 Å². The van der Waals surface area contributed by atoms with Gasteiger partial charge in [0, 0.05) is 0 Å². The Bertz CT molecular complexity index is 312. The molecule has 21 heavy (non-hydrogen) atoms. The number of hydrogen-bond donors (Lipinski definition) is 0. The first-order valence-corrected chi connectivity index (χ1v) is 12.7. The zero-order valence-electron chi connectivity index (χ0n) is 16.3. The highest BCUT2D eigenvalue weighted by Crippen LogP contribution is 2.62. The highest BCUT2D eigenvalue weighted by molar-refractivity contribution is 6.80. The van der Waals surface area contributed by atoms with Crippen LogP contribution in [0.5, 0.6) is 0 Å². The third kappa shape index (κ3) is 2.46. The smallest absolute Gasteiger partial charge is 0.0546 e. The van der Waals surface area contributed by atoms with E-state index in [1.54, 1.807) is 0 Å². The second kappa shape index (κ2) is 5.69. The van der Waals surface area contributed by atoms with Crippen molar-refractivity contribution < 1.29 is 0 Å². The first kappa shape index (κ1) is 17.6. The Morgan fingerprint density at radius 1 is 0.381 bits per heavy atom. The van der Waals surface area contributed by atoms with Crippen LogP contribution in [0.3, 0.4) is 0 Å². The molecule has 0 radical (unpaired) electrons. The summed E-state index contributed by atoms with van der Waals surface area (Å²) < 4.78 is 0. The van der Waals surface area contributed by atoms with Crippen LogP contribution in [0.1, 0.15) is 55.4 Å². The van der Waals surface area contributed by atoms with Crippen molar-refractivity contribution in [1.29, 1.82) is 0 Å². The molecule has 0 aromatic heterocycles. The van der Waals surface area contributed by atoms with Crippen LogP contribution in [0.2, 0.25) is 24.2 Å². The van der Waals surface area contributed by atoms with Gasteiger partial charge >= 0.3 is 0 Å². The molecule has 8 atom stereocenters. The third-order valence-corrected chi connectivity index (χ3v) is 14.5. The minimum atomic E-state index is -1.26. The average molecular weight is 309 g/mol. The molecule has 0 N–H and O–H groups in total. The highest BCUT2D eigenvalue weighted by Gasteiger charge is 2.57. The van der Waals surface area contributed by atoms with Gasteiger partial charge in [-0.2, -0.15) is 0 Å². The van der Waals surface area contributed by atoms with E-state index in [-0.39, 0.29) is 0 Å². The van der Waals surface area contributed by atoms with E-state index in [2.05, 4.69) is 68.5 Å². The maximum atomic E-state index is 2.75. The van der Waals surface area contributed by atoms with Crippen molar-refractivity contribution in [2.45, 2.75) is 79.6 Å². The summed E-state index contributed by atoms with van der Waals surface area (Å²) >= 11 is 0. The summed E-state index contributed by atoms with van der Waals surface area (Å²) in [6, 6.07) is 0. The quantitative estimate of drug-likeness (QED) is 0.507. The average Bonchev–Trinajstić information content (AvgIpc) is 2.72. The minimum absolute atomic E-state index is 0.915. The van der Waals surface area contributed by atoms with Crippen LogP contribution in [0, 0.1) is 47.3 Å². The second-order valence-electron chi connectivity index (χ2n) is 9.75. The fourth-order valence-electron chi connectivity index (χ4n) is 7.11. The van der Waals surface area contributed by atoms with Gasteiger partial charge in [-0.05, 0) is 58.4 Å². The Hall–Kier alpha value is 0.217. The Labute approximate surface area is 135 Å². The van der Waals surface area contributed by atoms with Gasteiger partial charge in [-0.1, -0.05) is 68.5 Å². The summed E-state index contributed by atoms with van der Waals surface area (Å²) in [6.45, 7) is 25.8. The lowest BCUT2D eigenvalue weighted by atomic mass is 9.92. The van der Waals surface area contributed by atoms with E-state index in [0.717, 1.165) is 58.4 Å². The third-order valence-electron chi connectivity index (χ3n) is 8.96. The van der Waals surface area contributed by atoms with E-state index < -0.39 is 8.07 Å². The molecule has 8 unspecified atom stereocenters. The standard InChI is InChI=1S/C20H40Si/c1-11-12(2)16(6)19(15(11)5)21(9,10)20-17(7)13(3)14(4)18(20)8/h11-20H,1-10H3. The Morgan fingerprint density at radius 3 is 0.762 bits per heavy atom. The predicted molar refractivity (Wildman–Crippen MR) is 98.3 cm³/mol. The molecule has 1 heteroatoms. The molecular formula is C20H40Si. The zero-order valence-corrected chi connectivity index (χ0v) is 17.3. The van der Waals surface area contributed by atoms with Crippen molar-refractivity contribution in [1.82, 2.24) is 0 Å². The molecular weight excluding hydrogens is 268 g/mol. The van der Waals surface area contributed by atoms with Gasteiger partial charge in [-0.3, -0.25) is 0 Å². The summed E-state index contributed by atoms with van der Waals surface area (Å²) in [5.41, 5.74) is 2.05. The van der Waals surface area contributed by atoms with Crippen LogP contribution >= 0.6 is 0 Å². The van der Waals surface area contributed by atoms with Crippen molar-refractivity contribution >= 4 is 8.07 Å². The SMILES string of the molecule is CC1C(C)C(C)C([Si](C)(C)C2C(C)C(C)C(C)C2C)C1C. The van der Waals surface area contributed by atoms with Crippen LogP contribution < -0.4 is 0 Å². The maximum absolute atomic E-state index is 2.75. The van der Waals surface area contributed by atoms with E-state index >= 15 is 0 Å². The normalized spacial score (nSPS) is 55.1. The summed E-state index contributed by atoms with van der Waals surface area (Å²) in [6.07, 6.45) is 0. The summed E-state index contributed by atoms with van der Waals surface area (Å²) in [5, 5.41) is 0. The van der Waals surface area contributed by atoms with Crippen LogP contribution in [-0.2, 0) is 0 Å². The van der Waals surface area contributed by atoms with Crippen molar-refractivity contribution in [2.75, 3.05) is 0 Å². The van der Waals surface area contributed by atoms with Crippen molar-refractivity contribution in [2.24, 2.45) is 47.3 Å². The summed E-state index contributed by atoms with van der Waals surface area (Å²) in [4.78, 5) is 0. The molecule has 0 nitrogen and oxygen atoms in total. The maximum Gasteiger partial charge on any atom is 0.0546 e. The molecule has 2 rings (SSSR count). The molecule has 2 aliphatic carbocycles. The summed E-state index contributed by atoms with van der Waals surface area (Å²) in [5.74, 6) is 7.39. The first-order valence-electron chi connectivity index (χ1n) is 9.53. The fourth-order valence-corrected chi connectivity index (χ4v) is 14.2. The molecule has 0 bridgehead atoms. The first-order chi connectivity index (χ1) is 9.53. The van der Waals surface area contributed by atoms with E-state index in [0.29, 0.717) is 0 Å². The Balaban J connectivity index is 2.34. The van der Waals surface area contributed by atoms with Crippen LogP contribution in [0.15, 0.2) is 0 Å². The van der Waals surface area contributed by atoms with Gasteiger partial charge in [0.2, 0.25) is 0 Å². The second-order valence-corrected chi connectivity index (χ2v) is 14.7. The van der Waals surface area contributed by atoms with Gasteiger partial charge in [-0.25, -0.2) is 0 Å². The van der Waals surface area contributed by atoms with Crippen LogP contribution in [0.4, 0.5) is 0 Å². The molecule has 0 spiro atoms. The summed E-state index contributed by atoms with van der Waals surface area (Å²) in [7, 11) is -1.26. The fraction of sp³-hybridized carbons (Fsp3) is 1.00. The van der Waals surface area contributed by atoms with Crippen LogP contribution in [0.25, 0.3) is 0 Å². The molecule has 124 valence electrons. The van der Waals surface area contributed by atoms with Gasteiger partial charge in [0.05, 0.1) is 8.07 Å². The molecule has 0 aromatic carbocycles. The van der Waals surface area contributed by atoms with E-state index in [1.165, 1.54) is 0 Å². The van der Waals surface area contributed by atoms with E-state index in [1.807, 2.05) is 0 Å². The lowest BCUT2D eigenvalue weighted by Crippen LogP contribution is -2.45. The Kier molecular flexibility index (Phi) is 4.76. The zero-order chi connectivity index (χ0) is 16.3.